The van der Waals surface area contributed by atoms with Crippen molar-refractivity contribution in [3.63, 3.8) is 0 Å². The molecular weight excluding hydrogens is 1020 g/mol. The average molecular weight is 1120 g/mol. The standard InChI is InChI=1S/C59H99FN8O11/c1-17-20-47-46-34-68(64-63-46)42-23-21-41(22-24-42)52(73-15)45(31-60)62-32-43(67(14)61)25-26-65(12)44-27-36(5)75-50(28-44)78-55-37(6)51(48-30-57(10,74-16)54(70)40(9)76-48)38(7)56(71)77-49(18-2)58(11,72)53(69)39(8)66(13)33-35(4)29-59(55,19-3)79-47/h19,21-24,32,34-40,44-45,47-55,62,69-70,72H,3,17-18,20,25-31,33,61H2,1-2,4-16H3/p+1/b43-32-/t35-,36-,37+,38-,39-,40+,44?,45-,47?,48?,49-,50+,51+,52-,53-,54+,55-,57-,58-,59-/m1/s1. The highest BCUT2D eigenvalue weighted by Crippen LogP contribution is 2.48. The minimum Gasteiger partial charge on any atom is -0.459 e. The normalized spacial score (nSPS) is 41.1. The number of benzene rings is 1. The number of carbonyl (C=O) groups is 1. The highest BCUT2D eigenvalue weighted by Gasteiger charge is 2.56. The van der Waals surface area contributed by atoms with Crippen molar-refractivity contribution in [1.29, 1.82) is 0 Å². The van der Waals surface area contributed by atoms with Crippen LogP contribution in [0.15, 0.2) is 55.0 Å². The third kappa shape index (κ3) is 14.6. The number of aliphatic hydroxyl groups is 3. The van der Waals surface area contributed by atoms with E-state index in [0.717, 1.165) is 23.4 Å². The van der Waals surface area contributed by atoms with E-state index in [4.69, 9.17) is 38.3 Å². The topological polar surface area (TPSA) is 222 Å². The number of esters is 1. The molecule has 448 valence electrons. The summed E-state index contributed by atoms with van der Waals surface area (Å²) in [5, 5.41) is 50.5. The van der Waals surface area contributed by atoms with Crippen LogP contribution in [-0.4, -0.2) is 190 Å². The molecule has 6 heterocycles. The molecule has 3 fully saturated rings. The minimum atomic E-state index is -1.83. The van der Waals surface area contributed by atoms with Gasteiger partial charge in [0.05, 0.1) is 66.6 Å². The number of quaternary nitrogens is 1. The van der Waals surface area contributed by atoms with E-state index >= 15 is 4.79 Å². The van der Waals surface area contributed by atoms with Crippen molar-refractivity contribution in [2.24, 2.45) is 23.7 Å². The van der Waals surface area contributed by atoms with Crippen LogP contribution < -0.4 is 11.2 Å². The fraction of sp³-hybridized carbons (Fsp3) is 0.780. The Morgan fingerprint density at radius 1 is 1.00 bits per heavy atom. The van der Waals surface area contributed by atoms with Crippen LogP contribution in [0.3, 0.4) is 0 Å². The molecule has 6 bridgehead atoms. The molecule has 5 aliphatic heterocycles. The van der Waals surface area contributed by atoms with Crippen molar-refractivity contribution in [1.82, 2.24) is 35.1 Å². The Bertz CT molecular complexity index is 2280. The molecule has 0 aliphatic carbocycles. The largest absolute Gasteiger partial charge is 0.459 e. The van der Waals surface area contributed by atoms with Crippen LogP contribution in [0.2, 0.25) is 0 Å². The van der Waals surface area contributed by atoms with E-state index in [-0.39, 0.29) is 30.9 Å². The second-order valence-corrected chi connectivity index (χ2v) is 24.2. The summed E-state index contributed by atoms with van der Waals surface area (Å²) in [6.07, 6.45) is 1.42. The summed E-state index contributed by atoms with van der Waals surface area (Å²) in [7, 11) is 9.05. The fourth-order valence-electron chi connectivity index (χ4n) is 13.2. The molecular formula is C59H100FN8O11+. The average Bonchev–Trinajstić information content (AvgIpc) is 3.98. The number of rotatable bonds is 9. The Kier molecular flexibility index (Phi) is 22.6. The van der Waals surface area contributed by atoms with Gasteiger partial charge in [-0.1, -0.05) is 64.5 Å². The molecule has 0 amide bonds. The van der Waals surface area contributed by atoms with Gasteiger partial charge in [0.2, 0.25) is 0 Å². The lowest BCUT2D eigenvalue weighted by Gasteiger charge is -2.52. The zero-order chi connectivity index (χ0) is 58.3. The van der Waals surface area contributed by atoms with Gasteiger partial charge in [-0.05, 0) is 104 Å². The number of likely N-dealkylation sites (N-methyl/N-ethyl adjacent to an activating group) is 1. The molecule has 20 atom stereocenters. The van der Waals surface area contributed by atoms with Crippen LogP contribution in [0.5, 0.6) is 0 Å². The maximum atomic E-state index is 15.2. The molecule has 0 spiro atoms. The van der Waals surface area contributed by atoms with Crippen molar-refractivity contribution in [3.05, 3.63) is 66.3 Å². The summed E-state index contributed by atoms with van der Waals surface area (Å²) >= 11 is 0. The van der Waals surface area contributed by atoms with Crippen molar-refractivity contribution in [2.75, 3.05) is 55.1 Å². The Labute approximate surface area is 470 Å². The highest BCUT2D eigenvalue weighted by atomic mass is 19.1. The maximum Gasteiger partial charge on any atom is 0.309 e. The van der Waals surface area contributed by atoms with Gasteiger partial charge in [0, 0.05) is 70.8 Å². The van der Waals surface area contributed by atoms with Crippen LogP contribution in [-0.2, 0) is 38.0 Å². The lowest BCUT2D eigenvalue weighted by atomic mass is 9.68. The van der Waals surface area contributed by atoms with Crippen molar-refractivity contribution in [2.45, 2.75) is 217 Å². The first-order chi connectivity index (χ1) is 37.3. The maximum absolute atomic E-state index is 15.2. The number of halogens is 1. The molecule has 5 aliphatic rings. The zero-order valence-electron chi connectivity index (χ0n) is 50.2. The molecule has 0 saturated carbocycles. The van der Waals surface area contributed by atoms with Crippen LogP contribution in [0.1, 0.15) is 144 Å². The summed E-state index contributed by atoms with van der Waals surface area (Å²) in [4.78, 5) is 19.5. The lowest BCUT2D eigenvalue weighted by Crippen LogP contribution is -2.64. The van der Waals surface area contributed by atoms with Gasteiger partial charge in [0.1, 0.15) is 54.1 Å². The van der Waals surface area contributed by atoms with E-state index in [0.29, 0.717) is 50.9 Å². The van der Waals surface area contributed by atoms with E-state index in [1.165, 1.54) is 6.92 Å². The molecule has 1 aromatic heterocycles. The number of hydrogen-bond acceptors (Lipinski definition) is 17. The Morgan fingerprint density at radius 2 is 1.70 bits per heavy atom. The first kappa shape index (κ1) is 64.5. The summed E-state index contributed by atoms with van der Waals surface area (Å²) in [5.41, 5.74) is -1.31. The second-order valence-electron chi connectivity index (χ2n) is 24.2. The number of aliphatic hydroxyl groups excluding tert-OH is 2. The molecule has 19 nitrogen and oxygen atoms in total. The van der Waals surface area contributed by atoms with Crippen molar-refractivity contribution in [3.8, 4) is 5.69 Å². The van der Waals surface area contributed by atoms with E-state index in [9.17, 15) is 19.7 Å². The number of nitrogens with one attached hydrogen (secondary N) is 1. The minimum absolute atomic E-state index is 0.00573. The van der Waals surface area contributed by atoms with E-state index < -0.39 is 114 Å². The number of methoxy groups -OCH3 is 2. The summed E-state index contributed by atoms with van der Waals surface area (Å²) < 4.78 is 64.4. The molecule has 2 aromatic rings. The number of nitrogens with zero attached hydrogens (tertiary/aromatic N) is 6. The lowest BCUT2D eigenvalue weighted by molar-refractivity contribution is -0.553. The summed E-state index contributed by atoms with van der Waals surface area (Å²) in [6.45, 7) is 24.1. The van der Waals surface area contributed by atoms with Gasteiger partial charge in [-0.2, -0.15) is 0 Å². The Hall–Kier alpha value is -3.64. The van der Waals surface area contributed by atoms with Gasteiger partial charge < -0.3 is 63.6 Å². The molecule has 1 aromatic carbocycles. The van der Waals surface area contributed by atoms with Crippen molar-refractivity contribution < 1.29 is 63.5 Å². The number of aromatic nitrogens is 3. The quantitative estimate of drug-likeness (QED) is 0.113. The zero-order valence-corrected chi connectivity index (χ0v) is 50.2. The molecule has 20 heteroatoms. The smallest absolute Gasteiger partial charge is 0.309 e. The number of cyclic esters (lactones) is 1. The van der Waals surface area contributed by atoms with Crippen molar-refractivity contribution >= 4 is 5.97 Å². The van der Waals surface area contributed by atoms with Gasteiger partial charge in [-0.3, -0.25) is 10.6 Å². The number of ether oxygens (including phenoxy) is 7. The first-order valence-corrected chi connectivity index (χ1v) is 28.9. The van der Waals surface area contributed by atoms with Crippen LogP contribution in [0.25, 0.3) is 5.69 Å². The van der Waals surface area contributed by atoms with Gasteiger partial charge in [-0.25, -0.2) is 14.1 Å². The van der Waals surface area contributed by atoms with Gasteiger partial charge in [0.25, 0.3) is 0 Å². The predicted octanol–water partition coefficient (Wildman–Crippen LogP) is 5.84. The number of carbonyl (C=O) groups excluding carboxylic acids is 1. The van der Waals surface area contributed by atoms with Crippen LogP contribution in [0.4, 0.5) is 4.39 Å². The molecule has 0 radical (unpaired) electrons. The fourth-order valence-corrected chi connectivity index (χ4v) is 13.2. The SMILES string of the molecule is C=C[C@@]12C[C@@H](C)CN(C)[C@H](C)[C@@H](O)[C@](C)(O)[C@@H](CC)OC(=O)[C@H](C)[C@@H](C3C[C@@](C)(OC)[C@@H](O)[C@H](C)O3)[C@H](C)[C@H]1O[C@H]1CC(C[C@@H](C)O1)N(C)CC/C(N(C)[NH3+])=C/N[C@H](CF)[C@H](OC)c1ccc(cc1)-n1cc(nn1)C(CCC)O2. The predicted molar refractivity (Wildman–Crippen MR) is 299 cm³/mol. The third-order valence-electron chi connectivity index (χ3n) is 18.2. The Balaban J connectivity index is 1.61. The van der Waals surface area contributed by atoms with Gasteiger partial charge in [0.15, 0.2) is 6.29 Å². The Morgan fingerprint density at radius 3 is 2.30 bits per heavy atom. The molecule has 3 unspecified atom stereocenters. The third-order valence-corrected chi connectivity index (χ3v) is 18.2. The van der Waals surface area contributed by atoms with E-state index in [2.05, 4.69) is 62.6 Å². The van der Waals surface area contributed by atoms with Crippen LogP contribution in [0, 0.1) is 23.7 Å². The van der Waals surface area contributed by atoms with Gasteiger partial charge >= 0.3 is 5.97 Å². The summed E-state index contributed by atoms with van der Waals surface area (Å²) in [5.74, 6) is 1.22. The molecule has 7 rings (SSSR count). The first-order valence-electron chi connectivity index (χ1n) is 28.9. The molecule has 7 N–H and O–H groups in total. The van der Waals surface area contributed by atoms with Gasteiger partial charge in [-0.15, -0.1) is 11.7 Å². The molecule has 3 saturated heterocycles. The highest BCUT2D eigenvalue weighted by molar-refractivity contribution is 5.73. The van der Waals surface area contributed by atoms with E-state index in [1.54, 1.807) is 23.9 Å². The number of alkyl halides is 1. The summed E-state index contributed by atoms with van der Waals surface area (Å²) in [6, 6.07) is 6.35. The molecule has 79 heavy (non-hydrogen) atoms. The monoisotopic (exact) mass is 1120 g/mol. The number of hydrogen-bond donors (Lipinski definition) is 5. The number of fused-ring (bicyclic) bond motifs is 9. The second kappa shape index (κ2) is 27.6. The van der Waals surface area contributed by atoms with Crippen LogP contribution >= 0.6 is 0 Å². The van der Waals surface area contributed by atoms with E-state index in [1.807, 2.05) is 96.4 Å².